The number of hydrogen-bond donors (Lipinski definition) is 1. The molecular formula is C16H24BrFN2O2. The number of nitrogens with one attached hydrogen (secondary N) is 1. The van der Waals surface area contributed by atoms with Crippen LogP contribution >= 0.6 is 15.9 Å². The summed E-state index contributed by atoms with van der Waals surface area (Å²) in [5, 5.41) is 2.83. The number of carbonyl (C=O) groups is 1. The van der Waals surface area contributed by atoms with Crippen molar-refractivity contribution in [3.8, 4) is 5.75 Å². The van der Waals surface area contributed by atoms with Crippen molar-refractivity contribution in [2.24, 2.45) is 0 Å². The largest absolute Gasteiger partial charge is 0.483 e. The number of rotatable bonds is 8. The monoisotopic (exact) mass is 374 g/mol. The van der Waals surface area contributed by atoms with Crippen LogP contribution in [0.1, 0.15) is 27.7 Å². The molecule has 0 saturated carbocycles. The van der Waals surface area contributed by atoms with Crippen molar-refractivity contribution in [1.82, 2.24) is 10.2 Å². The van der Waals surface area contributed by atoms with Gasteiger partial charge in [-0.25, -0.2) is 4.39 Å². The third-order valence-electron chi connectivity index (χ3n) is 3.27. The van der Waals surface area contributed by atoms with Gasteiger partial charge in [0.25, 0.3) is 5.91 Å². The molecule has 1 rings (SSSR count). The van der Waals surface area contributed by atoms with Crippen molar-refractivity contribution in [2.75, 3.05) is 19.7 Å². The molecule has 0 unspecified atom stereocenters. The zero-order valence-electron chi connectivity index (χ0n) is 13.5. The van der Waals surface area contributed by atoms with E-state index in [9.17, 15) is 9.18 Å². The van der Waals surface area contributed by atoms with Gasteiger partial charge in [-0.1, -0.05) is 0 Å². The molecule has 0 radical (unpaired) electrons. The van der Waals surface area contributed by atoms with Crippen molar-refractivity contribution in [2.45, 2.75) is 39.8 Å². The molecule has 0 spiro atoms. The maximum absolute atomic E-state index is 12.9. The average Bonchev–Trinajstić information content (AvgIpc) is 2.41. The first-order valence-electron chi connectivity index (χ1n) is 7.41. The zero-order valence-corrected chi connectivity index (χ0v) is 15.1. The quantitative estimate of drug-likeness (QED) is 0.759. The Hall–Kier alpha value is -1.14. The Morgan fingerprint density at radius 2 is 1.95 bits per heavy atom. The van der Waals surface area contributed by atoms with Crippen molar-refractivity contribution in [1.29, 1.82) is 0 Å². The van der Waals surface area contributed by atoms with E-state index in [-0.39, 0.29) is 18.3 Å². The van der Waals surface area contributed by atoms with Crippen LogP contribution in [0.3, 0.4) is 0 Å². The average molecular weight is 375 g/mol. The van der Waals surface area contributed by atoms with Crippen LogP contribution in [0.5, 0.6) is 5.75 Å². The highest BCUT2D eigenvalue weighted by Gasteiger charge is 2.13. The molecule has 0 aliphatic heterocycles. The molecule has 1 amide bonds. The second-order valence-electron chi connectivity index (χ2n) is 5.64. The van der Waals surface area contributed by atoms with E-state index >= 15 is 0 Å². The maximum Gasteiger partial charge on any atom is 0.257 e. The standard InChI is InChI=1S/C16H24BrFN2O2/c1-11(2)20(12(3)4)8-7-19-16(21)10-22-15-6-5-13(18)9-14(15)17/h5-6,9,11-12H,7-8,10H2,1-4H3,(H,19,21). The Morgan fingerprint density at radius 1 is 1.32 bits per heavy atom. The Bertz CT molecular complexity index is 487. The number of benzene rings is 1. The Kier molecular flexibility index (Phi) is 7.82. The van der Waals surface area contributed by atoms with Crippen molar-refractivity contribution >= 4 is 21.8 Å². The molecule has 0 aliphatic carbocycles. The fourth-order valence-corrected chi connectivity index (χ4v) is 2.69. The van der Waals surface area contributed by atoms with E-state index < -0.39 is 0 Å². The molecule has 0 atom stereocenters. The van der Waals surface area contributed by atoms with Crippen molar-refractivity contribution in [3.63, 3.8) is 0 Å². The van der Waals surface area contributed by atoms with E-state index in [1.54, 1.807) is 0 Å². The molecule has 4 nitrogen and oxygen atoms in total. The summed E-state index contributed by atoms with van der Waals surface area (Å²) in [6, 6.07) is 4.95. The number of halogens is 2. The zero-order chi connectivity index (χ0) is 16.7. The molecule has 0 aliphatic rings. The Morgan fingerprint density at radius 3 is 2.50 bits per heavy atom. The van der Waals surface area contributed by atoms with Crippen LogP contribution in [0.4, 0.5) is 4.39 Å². The molecule has 1 aromatic rings. The molecule has 124 valence electrons. The normalized spacial score (nSPS) is 11.3. The van der Waals surface area contributed by atoms with Gasteiger partial charge >= 0.3 is 0 Å². The number of hydrogen-bond acceptors (Lipinski definition) is 3. The number of carbonyl (C=O) groups excluding carboxylic acids is 1. The predicted octanol–water partition coefficient (Wildman–Crippen LogP) is 3.20. The number of ether oxygens (including phenoxy) is 1. The summed E-state index contributed by atoms with van der Waals surface area (Å²) in [5.74, 6) is -0.0997. The topological polar surface area (TPSA) is 41.6 Å². The molecular weight excluding hydrogens is 351 g/mol. The minimum absolute atomic E-state index is 0.0897. The van der Waals surface area contributed by atoms with Gasteiger partial charge in [0.05, 0.1) is 4.47 Å². The number of amides is 1. The highest BCUT2D eigenvalue weighted by atomic mass is 79.9. The van der Waals surface area contributed by atoms with E-state index in [1.165, 1.54) is 18.2 Å². The predicted molar refractivity (Wildman–Crippen MR) is 89.6 cm³/mol. The lowest BCUT2D eigenvalue weighted by molar-refractivity contribution is -0.123. The Labute approximate surface area is 140 Å². The third kappa shape index (κ3) is 6.32. The SMILES string of the molecule is CC(C)N(CCNC(=O)COc1ccc(F)cc1Br)C(C)C. The summed E-state index contributed by atoms with van der Waals surface area (Å²) >= 11 is 3.20. The first-order chi connectivity index (χ1) is 10.3. The van der Waals surface area contributed by atoms with E-state index in [0.717, 1.165) is 6.54 Å². The fraction of sp³-hybridized carbons (Fsp3) is 0.562. The second-order valence-corrected chi connectivity index (χ2v) is 6.49. The lowest BCUT2D eigenvalue weighted by Crippen LogP contribution is -2.43. The van der Waals surface area contributed by atoms with Crippen LogP contribution in [0.2, 0.25) is 0 Å². The highest BCUT2D eigenvalue weighted by molar-refractivity contribution is 9.10. The van der Waals surface area contributed by atoms with Crippen LogP contribution in [0, 0.1) is 5.82 Å². The molecule has 0 aromatic heterocycles. The summed E-state index contributed by atoms with van der Waals surface area (Å²) in [7, 11) is 0. The number of nitrogens with zero attached hydrogens (tertiary/aromatic N) is 1. The van der Waals surface area contributed by atoms with E-state index in [1.807, 2.05) is 0 Å². The summed E-state index contributed by atoms with van der Waals surface area (Å²) in [6.45, 7) is 9.82. The molecule has 1 N–H and O–H groups in total. The van der Waals surface area contributed by atoms with Crippen LogP contribution in [-0.4, -0.2) is 42.6 Å². The Balaban J connectivity index is 2.34. The van der Waals surface area contributed by atoms with E-state index in [4.69, 9.17) is 4.74 Å². The van der Waals surface area contributed by atoms with E-state index in [0.29, 0.717) is 28.9 Å². The molecule has 0 bridgehead atoms. The van der Waals surface area contributed by atoms with Gasteiger partial charge in [-0.15, -0.1) is 0 Å². The molecule has 22 heavy (non-hydrogen) atoms. The van der Waals surface area contributed by atoms with Gasteiger partial charge in [0.1, 0.15) is 11.6 Å². The first-order valence-corrected chi connectivity index (χ1v) is 8.21. The van der Waals surface area contributed by atoms with Crippen LogP contribution in [-0.2, 0) is 4.79 Å². The van der Waals surface area contributed by atoms with E-state index in [2.05, 4.69) is 53.8 Å². The summed E-state index contributed by atoms with van der Waals surface area (Å²) in [6.07, 6.45) is 0. The third-order valence-corrected chi connectivity index (χ3v) is 3.89. The van der Waals surface area contributed by atoms with Crippen LogP contribution in [0.15, 0.2) is 22.7 Å². The summed E-state index contributed by atoms with van der Waals surface area (Å²) in [5.41, 5.74) is 0. The van der Waals surface area contributed by atoms with Gasteiger partial charge in [0, 0.05) is 25.2 Å². The van der Waals surface area contributed by atoms with Crippen LogP contribution < -0.4 is 10.1 Å². The molecule has 0 saturated heterocycles. The van der Waals surface area contributed by atoms with Gasteiger partial charge in [0.15, 0.2) is 6.61 Å². The van der Waals surface area contributed by atoms with Gasteiger partial charge in [0.2, 0.25) is 0 Å². The minimum atomic E-state index is -0.355. The van der Waals surface area contributed by atoms with Crippen LogP contribution in [0.25, 0.3) is 0 Å². The van der Waals surface area contributed by atoms with Gasteiger partial charge in [-0.05, 0) is 61.8 Å². The van der Waals surface area contributed by atoms with Crippen molar-refractivity contribution < 1.29 is 13.9 Å². The fourth-order valence-electron chi connectivity index (χ4n) is 2.22. The highest BCUT2D eigenvalue weighted by Crippen LogP contribution is 2.25. The minimum Gasteiger partial charge on any atom is -0.483 e. The lowest BCUT2D eigenvalue weighted by atomic mass is 10.2. The molecule has 6 heteroatoms. The molecule has 0 fully saturated rings. The lowest BCUT2D eigenvalue weighted by Gasteiger charge is -2.30. The smallest absolute Gasteiger partial charge is 0.257 e. The first kappa shape index (κ1) is 18.9. The van der Waals surface area contributed by atoms with Gasteiger partial charge in [-0.3, -0.25) is 9.69 Å². The maximum atomic E-state index is 12.9. The summed E-state index contributed by atoms with van der Waals surface area (Å²) in [4.78, 5) is 14.1. The van der Waals surface area contributed by atoms with Gasteiger partial charge < -0.3 is 10.1 Å². The summed E-state index contributed by atoms with van der Waals surface area (Å²) < 4.78 is 18.8. The second kappa shape index (κ2) is 9.10. The van der Waals surface area contributed by atoms with Crippen molar-refractivity contribution in [3.05, 3.63) is 28.5 Å². The molecule has 0 heterocycles. The molecule has 1 aromatic carbocycles. The van der Waals surface area contributed by atoms with Gasteiger partial charge in [-0.2, -0.15) is 0 Å².